The number of hydrogen-bond acceptors (Lipinski definition) is 7. The molecule has 1 amide bonds. The van der Waals surface area contributed by atoms with Crippen molar-refractivity contribution in [2.24, 2.45) is 5.92 Å². The highest BCUT2D eigenvalue weighted by Crippen LogP contribution is 2.38. The molecule has 1 aromatic heterocycles. The molecule has 2 unspecified atom stereocenters. The second-order valence-electron chi connectivity index (χ2n) is 7.78. The fourth-order valence-corrected chi connectivity index (χ4v) is 4.09. The van der Waals surface area contributed by atoms with Crippen LogP contribution < -0.4 is 25.7 Å². The molecule has 2 atom stereocenters. The summed E-state index contributed by atoms with van der Waals surface area (Å²) in [6.07, 6.45) is 0. The Kier molecular flexibility index (Phi) is 5.33. The summed E-state index contributed by atoms with van der Waals surface area (Å²) >= 11 is 0. The quantitative estimate of drug-likeness (QED) is 0.540. The Morgan fingerprint density at radius 2 is 1.82 bits per heavy atom. The minimum atomic E-state index is -1.37. The zero-order valence-corrected chi connectivity index (χ0v) is 17.5. The second kappa shape index (κ2) is 8.47. The van der Waals surface area contributed by atoms with Crippen LogP contribution in [0.15, 0.2) is 41.2 Å². The van der Waals surface area contributed by atoms with Crippen molar-refractivity contribution >= 4 is 17.7 Å². The molecule has 34 heavy (non-hydrogen) atoms. The van der Waals surface area contributed by atoms with Crippen LogP contribution in [0, 0.1) is 28.9 Å². The molecule has 172 valence electrons. The molecule has 0 saturated heterocycles. The van der Waals surface area contributed by atoms with Crippen molar-refractivity contribution in [1.29, 1.82) is 5.26 Å². The molecular formula is C23H17F2N5O4. The van der Waals surface area contributed by atoms with Gasteiger partial charge < -0.3 is 20.1 Å². The molecular weight excluding hydrogens is 448 g/mol. The predicted molar refractivity (Wildman–Crippen MR) is 116 cm³/mol. The van der Waals surface area contributed by atoms with Gasteiger partial charge in [0.2, 0.25) is 11.9 Å². The molecule has 3 heterocycles. The molecule has 0 spiro atoms. The van der Waals surface area contributed by atoms with Crippen LogP contribution in [-0.2, 0) is 11.3 Å². The smallest absolute Gasteiger partial charge is 0.258 e. The zero-order valence-electron chi connectivity index (χ0n) is 17.5. The van der Waals surface area contributed by atoms with E-state index in [1.165, 1.54) is 0 Å². The Balaban J connectivity index is 1.47. The van der Waals surface area contributed by atoms with E-state index >= 15 is 0 Å². The highest BCUT2D eigenvalue weighted by molar-refractivity contribution is 5.97. The van der Waals surface area contributed by atoms with E-state index in [4.69, 9.17) is 9.47 Å². The first-order valence-electron chi connectivity index (χ1n) is 10.4. The van der Waals surface area contributed by atoms with Crippen molar-refractivity contribution in [1.82, 2.24) is 9.97 Å². The van der Waals surface area contributed by atoms with E-state index in [0.717, 1.165) is 17.7 Å². The fraction of sp³-hybridized carbons (Fsp3) is 0.217. The van der Waals surface area contributed by atoms with E-state index < -0.39 is 34.9 Å². The van der Waals surface area contributed by atoms with Crippen LogP contribution in [0.4, 0.5) is 20.5 Å². The van der Waals surface area contributed by atoms with Gasteiger partial charge in [-0.25, -0.2) is 8.78 Å². The van der Waals surface area contributed by atoms with Crippen LogP contribution >= 0.6 is 0 Å². The van der Waals surface area contributed by atoms with Gasteiger partial charge in [0, 0.05) is 18.5 Å². The van der Waals surface area contributed by atoms with E-state index in [1.54, 1.807) is 12.1 Å². The average molecular weight is 465 g/mol. The Hall–Kier alpha value is -4.46. The maximum Gasteiger partial charge on any atom is 0.258 e. The van der Waals surface area contributed by atoms with Gasteiger partial charge in [-0.1, -0.05) is 6.07 Å². The van der Waals surface area contributed by atoms with Gasteiger partial charge in [-0.2, -0.15) is 10.2 Å². The molecule has 0 bridgehead atoms. The number of aromatic amines is 1. The number of carbonyl (C=O) groups excluding carboxylic acids is 1. The van der Waals surface area contributed by atoms with Crippen molar-refractivity contribution in [2.75, 3.05) is 23.8 Å². The minimum absolute atomic E-state index is 0.00978. The molecule has 3 N–H and O–H groups in total. The standard InChI is InChI=1S/C23H17F2N5O4/c24-13-6-12(7-14(25)8-13)18-15(9-26)21(31)28-20-19(18)22(32)30-23(29-20)27-10-11-1-2-16-17(5-11)34-4-3-33-16/h1-2,5-8,15,18H,3-4,10H2,(H3,27,28,29,30,31,32). The summed E-state index contributed by atoms with van der Waals surface area (Å²) in [5, 5.41) is 15.0. The number of carbonyl (C=O) groups is 1. The summed E-state index contributed by atoms with van der Waals surface area (Å²) in [5.74, 6) is -3.82. The van der Waals surface area contributed by atoms with E-state index in [1.807, 2.05) is 12.1 Å². The average Bonchev–Trinajstić information content (AvgIpc) is 2.81. The number of nitriles is 1. The van der Waals surface area contributed by atoms with Gasteiger partial charge in [0.05, 0.1) is 11.6 Å². The Labute approximate surface area is 191 Å². The van der Waals surface area contributed by atoms with Crippen LogP contribution in [0.2, 0.25) is 0 Å². The summed E-state index contributed by atoms with van der Waals surface area (Å²) in [6.45, 7) is 1.20. The van der Waals surface area contributed by atoms with Gasteiger partial charge in [-0.3, -0.25) is 14.6 Å². The number of halogens is 2. The maximum atomic E-state index is 13.9. The van der Waals surface area contributed by atoms with Gasteiger partial charge >= 0.3 is 0 Å². The van der Waals surface area contributed by atoms with Gasteiger partial charge in [0.1, 0.15) is 36.6 Å². The van der Waals surface area contributed by atoms with Crippen molar-refractivity contribution in [3.05, 3.63) is 75.1 Å². The zero-order chi connectivity index (χ0) is 23.8. The number of nitrogens with zero attached hydrogens (tertiary/aromatic N) is 2. The van der Waals surface area contributed by atoms with Crippen molar-refractivity contribution in [3.63, 3.8) is 0 Å². The lowest BCUT2D eigenvalue weighted by atomic mass is 9.79. The molecule has 2 aliphatic rings. The largest absolute Gasteiger partial charge is 0.486 e. The lowest BCUT2D eigenvalue weighted by Crippen LogP contribution is -2.38. The highest BCUT2D eigenvalue weighted by atomic mass is 19.1. The van der Waals surface area contributed by atoms with Crippen LogP contribution in [0.5, 0.6) is 11.5 Å². The first-order valence-corrected chi connectivity index (χ1v) is 10.4. The van der Waals surface area contributed by atoms with E-state index in [0.29, 0.717) is 30.8 Å². The number of ether oxygens (including phenoxy) is 2. The van der Waals surface area contributed by atoms with Crippen molar-refractivity contribution < 1.29 is 23.0 Å². The van der Waals surface area contributed by atoms with Crippen molar-refractivity contribution in [2.45, 2.75) is 12.5 Å². The summed E-state index contributed by atoms with van der Waals surface area (Å²) in [5.41, 5.74) is 0.112. The number of hydrogen-bond donors (Lipinski definition) is 3. The Morgan fingerprint density at radius 1 is 1.09 bits per heavy atom. The fourth-order valence-electron chi connectivity index (χ4n) is 4.09. The Morgan fingerprint density at radius 3 is 2.56 bits per heavy atom. The second-order valence-corrected chi connectivity index (χ2v) is 7.78. The lowest BCUT2D eigenvalue weighted by molar-refractivity contribution is -0.119. The topological polar surface area (TPSA) is 129 Å². The third kappa shape index (κ3) is 3.90. The van der Waals surface area contributed by atoms with Gasteiger partial charge in [0.25, 0.3) is 5.56 Å². The molecule has 5 rings (SSSR count). The minimum Gasteiger partial charge on any atom is -0.486 e. The van der Waals surface area contributed by atoms with Crippen LogP contribution in [0.1, 0.15) is 22.6 Å². The summed E-state index contributed by atoms with van der Waals surface area (Å²) in [6, 6.07) is 9.88. The lowest BCUT2D eigenvalue weighted by Gasteiger charge is -2.28. The van der Waals surface area contributed by atoms with Gasteiger partial charge in [-0.15, -0.1) is 0 Å². The van der Waals surface area contributed by atoms with E-state index in [9.17, 15) is 23.6 Å². The van der Waals surface area contributed by atoms with Crippen LogP contribution in [0.25, 0.3) is 0 Å². The number of H-pyrrole nitrogens is 1. The molecule has 9 nitrogen and oxygen atoms in total. The molecule has 2 aliphatic heterocycles. The number of fused-ring (bicyclic) bond motifs is 2. The summed E-state index contributed by atoms with van der Waals surface area (Å²) in [4.78, 5) is 32.4. The normalized spacial score (nSPS) is 18.4. The SMILES string of the molecule is N#CC1C(=O)Nc2nc(NCc3ccc4c(c3)OCCO4)[nH]c(=O)c2C1c1cc(F)cc(F)c1. The monoisotopic (exact) mass is 465 g/mol. The summed E-state index contributed by atoms with van der Waals surface area (Å²) in [7, 11) is 0. The predicted octanol–water partition coefficient (Wildman–Crippen LogP) is 2.66. The number of benzene rings is 2. The molecule has 0 saturated carbocycles. The molecule has 11 heteroatoms. The van der Waals surface area contributed by atoms with Gasteiger partial charge in [-0.05, 0) is 35.4 Å². The Bertz CT molecular complexity index is 1380. The molecule has 0 fully saturated rings. The third-order valence-electron chi connectivity index (χ3n) is 5.57. The maximum absolute atomic E-state index is 13.9. The number of nitrogens with one attached hydrogen (secondary N) is 3. The first kappa shape index (κ1) is 21.4. The van der Waals surface area contributed by atoms with Crippen LogP contribution in [-0.4, -0.2) is 29.1 Å². The molecule has 2 aromatic carbocycles. The summed E-state index contributed by atoms with van der Waals surface area (Å²) < 4.78 is 38.8. The number of rotatable bonds is 4. The van der Waals surface area contributed by atoms with E-state index in [2.05, 4.69) is 20.6 Å². The van der Waals surface area contributed by atoms with E-state index in [-0.39, 0.29) is 29.4 Å². The number of aromatic nitrogens is 2. The highest BCUT2D eigenvalue weighted by Gasteiger charge is 2.40. The van der Waals surface area contributed by atoms with Crippen molar-refractivity contribution in [3.8, 4) is 17.6 Å². The molecule has 3 aromatic rings. The third-order valence-corrected chi connectivity index (χ3v) is 5.57. The molecule has 0 aliphatic carbocycles. The number of amides is 1. The van der Waals surface area contributed by atoms with Crippen LogP contribution in [0.3, 0.4) is 0 Å². The number of anilines is 2. The molecule has 0 radical (unpaired) electrons. The first-order chi connectivity index (χ1) is 16.4. The van der Waals surface area contributed by atoms with Gasteiger partial charge in [0.15, 0.2) is 11.5 Å².